The summed E-state index contributed by atoms with van der Waals surface area (Å²) in [5.41, 5.74) is 4.85. The van der Waals surface area contributed by atoms with Crippen molar-refractivity contribution in [1.29, 1.82) is 5.26 Å². The number of carbonyl (C=O) groups excluding carboxylic acids is 1. The Labute approximate surface area is 174 Å². The van der Waals surface area contributed by atoms with Crippen LogP contribution in [0, 0.1) is 11.3 Å². The first kappa shape index (κ1) is 19.3. The number of fused-ring (bicyclic) bond motifs is 1. The van der Waals surface area contributed by atoms with E-state index in [0.717, 1.165) is 27.7 Å². The van der Waals surface area contributed by atoms with E-state index in [0.29, 0.717) is 17.8 Å². The molecule has 1 aliphatic heterocycles. The molecule has 3 aromatic heterocycles. The number of aromatic nitrogens is 3. The van der Waals surface area contributed by atoms with Crippen LogP contribution in [0.5, 0.6) is 0 Å². The van der Waals surface area contributed by atoms with E-state index in [1.54, 1.807) is 42.8 Å². The highest BCUT2D eigenvalue weighted by atomic mass is 16.2. The van der Waals surface area contributed by atoms with Crippen LogP contribution in [-0.2, 0) is 4.79 Å². The van der Waals surface area contributed by atoms with Gasteiger partial charge in [0.05, 0.1) is 11.9 Å². The zero-order valence-corrected chi connectivity index (χ0v) is 16.7. The Balaban J connectivity index is 1.70. The minimum Gasteiger partial charge on any atom is -0.346 e. The summed E-state index contributed by atoms with van der Waals surface area (Å²) in [6, 6.07) is 6.13. The first-order valence-electron chi connectivity index (χ1n) is 9.57. The number of aromatic amines is 1. The van der Waals surface area contributed by atoms with Gasteiger partial charge in [0.2, 0.25) is 5.91 Å². The number of aliphatic imine (C=N–C) groups is 1. The molecule has 0 aromatic carbocycles. The van der Waals surface area contributed by atoms with Gasteiger partial charge in [-0.2, -0.15) is 5.26 Å². The van der Waals surface area contributed by atoms with E-state index < -0.39 is 0 Å². The average molecular weight is 396 g/mol. The van der Waals surface area contributed by atoms with Crippen molar-refractivity contribution in [2.75, 3.05) is 11.9 Å². The molecule has 1 unspecified atom stereocenters. The molecule has 148 valence electrons. The molecule has 30 heavy (non-hydrogen) atoms. The molecule has 0 radical (unpaired) electrons. The smallest absolute Gasteiger partial charge is 0.250 e. The second-order valence-electron chi connectivity index (χ2n) is 7.03. The molecule has 0 saturated carbocycles. The maximum absolute atomic E-state index is 12.2. The van der Waals surface area contributed by atoms with Gasteiger partial charge in [-0.1, -0.05) is 12.2 Å². The summed E-state index contributed by atoms with van der Waals surface area (Å²) < 4.78 is 0. The molecular formula is C23H20N6O. The van der Waals surface area contributed by atoms with E-state index in [1.165, 1.54) is 6.08 Å². The van der Waals surface area contributed by atoms with E-state index in [2.05, 4.69) is 32.1 Å². The largest absolute Gasteiger partial charge is 0.346 e. The van der Waals surface area contributed by atoms with Crippen LogP contribution in [0.25, 0.3) is 22.2 Å². The number of hydrogen-bond acceptors (Lipinski definition) is 5. The van der Waals surface area contributed by atoms with Crippen LogP contribution >= 0.6 is 0 Å². The van der Waals surface area contributed by atoms with Crippen molar-refractivity contribution in [2.24, 2.45) is 4.99 Å². The predicted octanol–water partition coefficient (Wildman–Crippen LogP) is 4.13. The lowest BCUT2D eigenvalue weighted by atomic mass is 9.92. The van der Waals surface area contributed by atoms with Crippen LogP contribution in [0.3, 0.4) is 0 Å². The number of carbonyl (C=O) groups is 1. The van der Waals surface area contributed by atoms with Gasteiger partial charge in [0.1, 0.15) is 17.4 Å². The van der Waals surface area contributed by atoms with Gasteiger partial charge in [-0.25, -0.2) is 4.98 Å². The number of nitrogens with zero attached hydrogens (tertiary/aromatic N) is 5. The summed E-state index contributed by atoms with van der Waals surface area (Å²) in [7, 11) is 1.72. The van der Waals surface area contributed by atoms with Crippen LogP contribution in [0.15, 0.2) is 66.3 Å². The molecule has 3 aromatic rings. The van der Waals surface area contributed by atoms with Crippen LogP contribution in [0.4, 0.5) is 5.69 Å². The summed E-state index contributed by atoms with van der Waals surface area (Å²) in [6.07, 6.45) is 14.6. The van der Waals surface area contributed by atoms with Crippen LogP contribution < -0.4 is 4.90 Å². The number of nitriles is 1. The van der Waals surface area contributed by atoms with E-state index >= 15 is 0 Å². The number of H-pyrrole nitrogens is 1. The van der Waals surface area contributed by atoms with Crippen LogP contribution in [0.2, 0.25) is 0 Å². The summed E-state index contributed by atoms with van der Waals surface area (Å²) >= 11 is 0. The van der Waals surface area contributed by atoms with Gasteiger partial charge < -0.3 is 9.88 Å². The van der Waals surface area contributed by atoms with Crippen molar-refractivity contribution in [3.05, 3.63) is 66.9 Å². The van der Waals surface area contributed by atoms with Gasteiger partial charge >= 0.3 is 0 Å². The summed E-state index contributed by atoms with van der Waals surface area (Å²) in [4.78, 5) is 29.9. The predicted molar refractivity (Wildman–Crippen MR) is 117 cm³/mol. The van der Waals surface area contributed by atoms with Crippen molar-refractivity contribution < 1.29 is 4.79 Å². The van der Waals surface area contributed by atoms with E-state index in [1.807, 2.05) is 25.3 Å². The Hall–Kier alpha value is -4.05. The summed E-state index contributed by atoms with van der Waals surface area (Å²) in [5.74, 6) is -0.0472. The number of amides is 1. The number of nitrogens with one attached hydrogen (secondary N) is 1. The highest BCUT2D eigenvalue weighted by molar-refractivity contribution is 6.01. The second-order valence-corrected chi connectivity index (χ2v) is 7.03. The standard InChI is InChI=1S/C23H20N6O/c1-3-4-22(30)29(2)19-8-16(11-25-13-19)17-9-20-21(14-28-23(20)27-12-17)15-5-6-26-18(7-15)10-24/h3-6,8-9,11-15H,7H2,1-2H3,(H,27,28)/b4-3+. The first-order chi connectivity index (χ1) is 14.6. The van der Waals surface area contributed by atoms with Crippen LogP contribution in [0.1, 0.15) is 24.8 Å². The molecular weight excluding hydrogens is 376 g/mol. The van der Waals surface area contributed by atoms with E-state index in [9.17, 15) is 10.1 Å². The topological polar surface area (TPSA) is 98.0 Å². The molecule has 1 aliphatic rings. The van der Waals surface area contributed by atoms with Gasteiger partial charge in [0, 0.05) is 60.7 Å². The zero-order chi connectivity index (χ0) is 21.1. The fourth-order valence-corrected chi connectivity index (χ4v) is 3.49. The molecule has 4 heterocycles. The molecule has 1 amide bonds. The van der Waals surface area contributed by atoms with Crippen molar-refractivity contribution >= 4 is 28.3 Å². The third kappa shape index (κ3) is 3.63. The lowest BCUT2D eigenvalue weighted by Crippen LogP contribution is -2.24. The highest BCUT2D eigenvalue weighted by Gasteiger charge is 2.19. The molecule has 0 saturated heterocycles. The first-order valence-corrected chi connectivity index (χ1v) is 9.57. The molecule has 7 nitrogen and oxygen atoms in total. The third-order valence-electron chi connectivity index (χ3n) is 5.14. The molecule has 0 aliphatic carbocycles. The van der Waals surface area contributed by atoms with E-state index in [4.69, 9.17) is 0 Å². The fourth-order valence-electron chi connectivity index (χ4n) is 3.49. The van der Waals surface area contributed by atoms with Gasteiger partial charge in [-0.15, -0.1) is 0 Å². The van der Waals surface area contributed by atoms with Gasteiger partial charge in [-0.3, -0.25) is 14.8 Å². The lowest BCUT2D eigenvalue weighted by molar-refractivity contribution is -0.113. The number of pyridine rings is 2. The molecule has 0 spiro atoms. The number of hydrogen-bond donors (Lipinski definition) is 1. The second kappa shape index (κ2) is 8.13. The minimum absolute atomic E-state index is 0.0667. The third-order valence-corrected chi connectivity index (χ3v) is 5.14. The van der Waals surface area contributed by atoms with Crippen molar-refractivity contribution in [1.82, 2.24) is 15.0 Å². The monoisotopic (exact) mass is 396 g/mol. The average Bonchev–Trinajstić information content (AvgIpc) is 3.22. The SMILES string of the molecule is C/C=C/C(=O)N(C)c1cncc(-c2cnc3[nH]cc(C4C=CN=C(C#N)C4)c3c2)c1. The number of rotatable bonds is 4. The Bertz CT molecular complexity index is 1240. The molecule has 0 bridgehead atoms. The molecule has 0 fully saturated rings. The van der Waals surface area contributed by atoms with Crippen molar-refractivity contribution in [2.45, 2.75) is 19.3 Å². The molecule has 7 heteroatoms. The van der Waals surface area contributed by atoms with Crippen LogP contribution in [-0.4, -0.2) is 33.6 Å². The Morgan fingerprint density at radius 2 is 2.13 bits per heavy atom. The maximum atomic E-state index is 12.2. The highest BCUT2D eigenvalue weighted by Crippen LogP contribution is 2.33. The Kier molecular flexibility index (Phi) is 5.22. The quantitative estimate of drug-likeness (QED) is 0.670. The molecule has 1 atom stereocenters. The number of likely N-dealkylation sites (N-methyl/N-ethyl adjacent to an activating group) is 1. The lowest BCUT2D eigenvalue weighted by Gasteiger charge is -2.16. The van der Waals surface area contributed by atoms with Gasteiger partial charge in [0.15, 0.2) is 0 Å². The van der Waals surface area contributed by atoms with Crippen molar-refractivity contribution in [3.8, 4) is 17.2 Å². The number of anilines is 1. The Morgan fingerprint density at radius 3 is 2.93 bits per heavy atom. The summed E-state index contributed by atoms with van der Waals surface area (Å²) in [5, 5.41) is 10.2. The molecule has 4 rings (SSSR count). The number of allylic oxidation sites excluding steroid dienone is 2. The molecule has 1 N–H and O–H groups in total. The van der Waals surface area contributed by atoms with E-state index in [-0.39, 0.29) is 11.8 Å². The normalized spacial score (nSPS) is 15.9. The Morgan fingerprint density at radius 1 is 1.30 bits per heavy atom. The summed E-state index contributed by atoms with van der Waals surface area (Å²) in [6.45, 7) is 1.81. The fraction of sp³-hybridized carbons (Fsp3) is 0.174. The zero-order valence-electron chi connectivity index (χ0n) is 16.7. The minimum atomic E-state index is -0.114. The van der Waals surface area contributed by atoms with Crippen molar-refractivity contribution in [3.63, 3.8) is 0 Å². The van der Waals surface area contributed by atoms with Gasteiger partial charge in [0.25, 0.3) is 0 Å². The maximum Gasteiger partial charge on any atom is 0.250 e. The van der Waals surface area contributed by atoms with Gasteiger partial charge in [-0.05, 0) is 30.7 Å².